The Kier molecular flexibility index (Phi) is 9.41. The molecule has 1 aliphatic heterocycles. The van der Waals surface area contributed by atoms with Gasteiger partial charge in [-0.15, -0.1) is 0 Å². The van der Waals surface area contributed by atoms with E-state index < -0.39 is 18.1 Å². The van der Waals surface area contributed by atoms with Gasteiger partial charge in [0.15, 0.2) is 0 Å². The number of aromatic nitrogens is 2. The SMILES string of the molecule is COC(=O)N[C@H](C(=O)Nc1ccccc1CC[C@@H]1CN[C@H](c2ncc[nH]2)CO1)C(c1ccccc1)c1ccccc1. The van der Waals surface area contributed by atoms with E-state index in [1.165, 1.54) is 7.11 Å². The number of hydrogen-bond acceptors (Lipinski definition) is 6. The van der Waals surface area contributed by atoms with Gasteiger partial charge in [0.25, 0.3) is 0 Å². The van der Waals surface area contributed by atoms with E-state index in [0.717, 1.165) is 28.9 Å². The van der Waals surface area contributed by atoms with Crippen molar-refractivity contribution >= 4 is 17.7 Å². The summed E-state index contributed by atoms with van der Waals surface area (Å²) in [5, 5.41) is 9.39. The molecule has 1 fully saturated rings. The zero-order valence-electron chi connectivity index (χ0n) is 23.0. The summed E-state index contributed by atoms with van der Waals surface area (Å²) in [5.41, 5.74) is 3.49. The number of alkyl carbamates (subject to hydrolysis) is 1. The van der Waals surface area contributed by atoms with E-state index in [4.69, 9.17) is 9.47 Å². The van der Waals surface area contributed by atoms with Crippen LogP contribution in [0.1, 0.15) is 40.9 Å². The van der Waals surface area contributed by atoms with Crippen molar-refractivity contribution in [2.45, 2.75) is 36.9 Å². The van der Waals surface area contributed by atoms with Crippen LogP contribution in [-0.2, 0) is 20.7 Å². The maximum absolute atomic E-state index is 13.9. The lowest BCUT2D eigenvalue weighted by Crippen LogP contribution is -2.48. The van der Waals surface area contributed by atoms with E-state index in [1.807, 2.05) is 91.1 Å². The molecule has 3 atom stereocenters. The minimum Gasteiger partial charge on any atom is -0.453 e. The number of carbonyl (C=O) groups is 2. The van der Waals surface area contributed by atoms with Crippen LogP contribution in [0.25, 0.3) is 0 Å². The molecule has 9 heteroatoms. The number of H-pyrrole nitrogens is 1. The number of amides is 2. The third kappa shape index (κ3) is 7.19. The number of hydrogen-bond donors (Lipinski definition) is 4. The summed E-state index contributed by atoms with van der Waals surface area (Å²) in [6.45, 7) is 1.25. The number of morpholine rings is 1. The van der Waals surface area contributed by atoms with Gasteiger partial charge in [-0.25, -0.2) is 9.78 Å². The normalized spacial score (nSPS) is 17.5. The number of aromatic amines is 1. The Bertz CT molecular complexity index is 1350. The Hall–Kier alpha value is -4.47. The van der Waals surface area contributed by atoms with Gasteiger partial charge in [-0.2, -0.15) is 0 Å². The maximum atomic E-state index is 13.9. The largest absolute Gasteiger partial charge is 0.453 e. The van der Waals surface area contributed by atoms with Crippen molar-refractivity contribution in [3.63, 3.8) is 0 Å². The van der Waals surface area contributed by atoms with Crippen molar-refractivity contribution in [3.8, 4) is 0 Å². The summed E-state index contributed by atoms with van der Waals surface area (Å²) in [5.74, 6) is 0.0980. The highest BCUT2D eigenvalue weighted by atomic mass is 16.5. The molecule has 0 spiro atoms. The fourth-order valence-electron chi connectivity index (χ4n) is 5.22. The molecule has 1 saturated heterocycles. The van der Waals surface area contributed by atoms with Gasteiger partial charge in [-0.3, -0.25) is 4.79 Å². The third-order valence-electron chi connectivity index (χ3n) is 7.34. The van der Waals surface area contributed by atoms with E-state index in [2.05, 4.69) is 25.9 Å². The summed E-state index contributed by atoms with van der Waals surface area (Å²) < 4.78 is 11.0. The van der Waals surface area contributed by atoms with Crippen LogP contribution in [-0.4, -0.2) is 54.4 Å². The van der Waals surface area contributed by atoms with E-state index in [9.17, 15) is 9.59 Å². The second kappa shape index (κ2) is 13.7. The summed E-state index contributed by atoms with van der Waals surface area (Å²) >= 11 is 0. The van der Waals surface area contributed by atoms with Crippen LogP contribution in [0.5, 0.6) is 0 Å². The number of methoxy groups -OCH3 is 1. The van der Waals surface area contributed by atoms with Gasteiger partial charge >= 0.3 is 6.09 Å². The molecule has 5 rings (SSSR count). The van der Waals surface area contributed by atoms with Crippen LogP contribution in [0, 0.1) is 0 Å². The molecule has 41 heavy (non-hydrogen) atoms. The van der Waals surface area contributed by atoms with Crippen LogP contribution < -0.4 is 16.0 Å². The van der Waals surface area contributed by atoms with Crippen LogP contribution in [0.15, 0.2) is 97.3 Å². The zero-order chi connectivity index (χ0) is 28.4. The van der Waals surface area contributed by atoms with E-state index in [0.29, 0.717) is 25.3 Å². The first kappa shape index (κ1) is 28.1. The Morgan fingerprint density at radius 3 is 2.29 bits per heavy atom. The molecule has 1 aliphatic rings. The average molecular weight is 554 g/mol. The van der Waals surface area contributed by atoms with Crippen LogP contribution in [0.4, 0.5) is 10.5 Å². The molecular formula is C32H35N5O4. The number of carbonyl (C=O) groups excluding carboxylic acids is 2. The van der Waals surface area contributed by atoms with Crippen LogP contribution >= 0.6 is 0 Å². The number of para-hydroxylation sites is 1. The number of nitrogens with zero attached hydrogens (tertiary/aromatic N) is 1. The molecule has 0 saturated carbocycles. The molecule has 1 aromatic heterocycles. The molecule has 0 aliphatic carbocycles. The fourth-order valence-corrected chi connectivity index (χ4v) is 5.22. The molecule has 0 unspecified atom stereocenters. The standard InChI is InChI=1S/C32H35N5O4/c1-40-32(39)37-29(28(23-11-4-2-5-12-23)24-13-6-3-7-14-24)31(38)36-26-15-9-8-10-22(26)16-17-25-20-35-27(21-41-25)30-33-18-19-34-30/h2-15,18-19,25,27-29,35H,16-17,20-21H2,1H3,(H,33,34)(H,36,38)(H,37,39)/t25-,27+,29+/m1/s1. The third-order valence-corrected chi connectivity index (χ3v) is 7.34. The van der Waals surface area contributed by atoms with Gasteiger partial charge < -0.3 is 30.4 Å². The summed E-state index contributed by atoms with van der Waals surface area (Å²) in [6.07, 6.45) is 4.41. The first-order valence-corrected chi connectivity index (χ1v) is 13.8. The van der Waals surface area contributed by atoms with Gasteiger partial charge in [-0.1, -0.05) is 78.9 Å². The van der Waals surface area contributed by atoms with Crippen molar-refractivity contribution in [3.05, 3.63) is 120 Å². The van der Waals surface area contributed by atoms with Gasteiger partial charge in [-0.05, 0) is 35.6 Å². The Balaban J connectivity index is 1.31. The van der Waals surface area contributed by atoms with E-state index in [1.54, 1.807) is 6.20 Å². The van der Waals surface area contributed by atoms with E-state index in [-0.39, 0.29) is 18.1 Å². The van der Waals surface area contributed by atoms with Crippen LogP contribution in [0.2, 0.25) is 0 Å². The molecule has 2 amide bonds. The second-order valence-corrected chi connectivity index (χ2v) is 9.99. The van der Waals surface area contributed by atoms with Gasteiger partial charge in [0, 0.05) is 30.5 Å². The molecule has 4 aromatic rings. The Morgan fingerprint density at radius 2 is 1.68 bits per heavy atom. The molecule has 212 valence electrons. The molecule has 0 radical (unpaired) electrons. The Labute approximate surface area is 239 Å². The lowest BCUT2D eigenvalue weighted by atomic mass is 9.84. The highest BCUT2D eigenvalue weighted by molar-refractivity contribution is 5.98. The number of benzene rings is 3. The molecular weight excluding hydrogens is 518 g/mol. The number of rotatable bonds is 10. The highest BCUT2D eigenvalue weighted by Gasteiger charge is 2.33. The van der Waals surface area contributed by atoms with Crippen molar-refractivity contribution < 1.29 is 19.1 Å². The number of nitrogens with one attached hydrogen (secondary N) is 4. The lowest BCUT2D eigenvalue weighted by Gasteiger charge is -2.30. The first-order chi connectivity index (χ1) is 20.1. The highest BCUT2D eigenvalue weighted by Crippen LogP contribution is 2.30. The minimum atomic E-state index is -0.926. The van der Waals surface area contributed by atoms with Crippen molar-refractivity contribution in [1.29, 1.82) is 0 Å². The Morgan fingerprint density at radius 1 is 1.00 bits per heavy atom. The number of anilines is 1. The fraction of sp³-hybridized carbons (Fsp3) is 0.281. The van der Waals surface area contributed by atoms with E-state index >= 15 is 0 Å². The van der Waals surface area contributed by atoms with Crippen molar-refractivity contribution in [2.24, 2.45) is 0 Å². The number of imidazole rings is 1. The maximum Gasteiger partial charge on any atom is 0.407 e. The van der Waals surface area contributed by atoms with Gasteiger partial charge in [0.05, 0.1) is 25.9 Å². The molecule has 9 nitrogen and oxygen atoms in total. The average Bonchev–Trinajstić information content (AvgIpc) is 3.57. The monoisotopic (exact) mass is 553 g/mol. The quantitative estimate of drug-likeness (QED) is 0.229. The predicted molar refractivity (Wildman–Crippen MR) is 157 cm³/mol. The summed E-state index contributed by atoms with van der Waals surface area (Å²) in [7, 11) is 1.29. The van der Waals surface area contributed by atoms with Crippen LogP contribution in [0.3, 0.4) is 0 Å². The summed E-state index contributed by atoms with van der Waals surface area (Å²) in [4.78, 5) is 33.8. The molecule has 3 aromatic carbocycles. The predicted octanol–water partition coefficient (Wildman–Crippen LogP) is 4.57. The van der Waals surface area contributed by atoms with Gasteiger partial charge in [0.1, 0.15) is 11.9 Å². The molecule has 4 N–H and O–H groups in total. The minimum absolute atomic E-state index is 0.0410. The van der Waals surface area contributed by atoms with Crippen molar-refractivity contribution in [1.82, 2.24) is 20.6 Å². The molecule has 2 heterocycles. The summed E-state index contributed by atoms with van der Waals surface area (Å²) in [6, 6.07) is 26.2. The first-order valence-electron chi connectivity index (χ1n) is 13.8. The zero-order valence-corrected chi connectivity index (χ0v) is 23.0. The van der Waals surface area contributed by atoms with Gasteiger partial charge in [0.2, 0.25) is 5.91 Å². The molecule has 0 bridgehead atoms. The lowest BCUT2D eigenvalue weighted by molar-refractivity contribution is -0.118. The number of ether oxygens (including phenoxy) is 2. The topological polar surface area (TPSA) is 117 Å². The number of aryl methyl sites for hydroxylation is 1. The second-order valence-electron chi connectivity index (χ2n) is 9.99. The smallest absolute Gasteiger partial charge is 0.407 e. The van der Waals surface area contributed by atoms with Crippen molar-refractivity contribution in [2.75, 3.05) is 25.6 Å².